The van der Waals surface area contributed by atoms with Gasteiger partial charge in [0.15, 0.2) is 0 Å². The van der Waals surface area contributed by atoms with Crippen molar-refractivity contribution in [1.29, 1.82) is 0 Å². The molecule has 3 aromatic rings. The van der Waals surface area contributed by atoms with Gasteiger partial charge < -0.3 is 15.6 Å². The van der Waals surface area contributed by atoms with E-state index in [1.807, 2.05) is 0 Å². The summed E-state index contributed by atoms with van der Waals surface area (Å²) in [4.78, 5) is 35.5. The fourth-order valence-corrected chi connectivity index (χ4v) is 4.14. The summed E-state index contributed by atoms with van der Waals surface area (Å²) in [6, 6.07) is 4.72. The average Bonchev–Trinajstić information content (AvgIpc) is 3.15. The van der Waals surface area contributed by atoms with E-state index in [9.17, 15) is 14.0 Å². The minimum atomic E-state index is -0.242. The molecule has 0 aliphatic heterocycles. The monoisotopic (exact) mass is 423 g/mol. The fourth-order valence-electron chi connectivity index (χ4n) is 4.14. The van der Waals surface area contributed by atoms with Crippen molar-refractivity contribution in [3.8, 4) is 0 Å². The molecule has 1 unspecified atom stereocenters. The molecule has 162 valence electrons. The van der Waals surface area contributed by atoms with Crippen molar-refractivity contribution in [2.45, 2.75) is 51.0 Å². The third kappa shape index (κ3) is 5.07. The summed E-state index contributed by atoms with van der Waals surface area (Å²) in [6.45, 7) is 0.536. The third-order valence-electron chi connectivity index (χ3n) is 5.67. The number of benzene rings is 1. The van der Waals surface area contributed by atoms with Gasteiger partial charge in [-0.15, -0.1) is 0 Å². The third-order valence-corrected chi connectivity index (χ3v) is 5.67. The maximum atomic E-state index is 13.6. The molecule has 0 fully saturated rings. The molecule has 1 aliphatic rings. The smallest absolute Gasteiger partial charge is 0.271 e. The molecule has 0 radical (unpaired) electrons. The van der Waals surface area contributed by atoms with Crippen LogP contribution < -0.4 is 10.6 Å². The van der Waals surface area contributed by atoms with E-state index >= 15 is 0 Å². The Morgan fingerprint density at radius 3 is 2.94 bits per heavy atom. The average molecular weight is 423 g/mol. The van der Waals surface area contributed by atoms with Crippen molar-refractivity contribution >= 4 is 22.7 Å². The van der Waals surface area contributed by atoms with E-state index < -0.39 is 0 Å². The Bertz CT molecular complexity index is 1070. The van der Waals surface area contributed by atoms with Crippen LogP contribution in [0.2, 0.25) is 0 Å². The lowest BCUT2D eigenvalue weighted by molar-refractivity contribution is -0.122. The predicted octanol–water partition coefficient (Wildman–Crippen LogP) is 3.58. The zero-order valence-electron chi connectivity index (χ0n) is 17.3. The minimum absolute atomic E-state index is 0.0197. The molecule has 7 nitrogen and oxygen atoms in total. The molecule has 0 saturated heterocycles. The van der Waals surface area contributed by atoms with Crippen molar-refractivity contribution < 1.29 is 14.0 Å². The van der Waals surface area contributed by atoms with Gasteiger partial charge in [-0.2, -0.15) is 0 Å². The van der Waals surface area contributed by atoms with E-state index in [0.717, 1.165) is 60.7 Å². The van der Waals surface area contributed by atoms with Crippen LogP contribution in [-0.2, 0) is 11.2 Å². The van der Waals surface area contributed by atoms with Crippen molar-refractivity contribution in [1.82, 2.24) is 25.6 Å². The largest absolute Gasteiger partial charge is 0.356 e. The molecule has 3 N–H and O–H groups in total. The van der Waals surface area contributed by atoms with Gasteiger partial charge in [0.2, 0.25) is 5.91 Å². The summed E-state index contributed by atoms with van der Waals surface area (Å²) in [5, 5.41) is 6.85. The van der Waals surface area contributed by atoms with Gasteiger partial charge in [0, 0.05) is 42.0 Å². The van der Waals surface area contributed by atoms with Gasteiger partial charge in [0.25, 0.3) is 5.91 Å². The first-order valence-corrected chi connectivity index (χ1v) is 10.8. The van der Waals surface area contributed by atoms with Crippen LogP contribution in [0.1, 0.15) is 66.3 Å². The van der Waals surface area contributed by atoms with Crippen LogP contribution in [0, 0.1) is 5.82 Å². The quantitative estimate of drug-likeness (QED) is 0.482. The number of carbonyl (C=O) groups is 2. The second-order valence-electron chi connectivity index (χ2n) is 7.88. The van der Waals surface area contributed by atoms with Crippen molar-refractivity contribution in [2.24, 2.45) is 0 Å². The van der Waals surface area contributed by atoms with Gasteiger partial charge in [-0.05, 0) is 55.9 Å². The Morgan fingerprint density at radius 2 is 2.10 bits per heavy atom. The van der Waals surface area contributed by atoms with Crippen LogP contribution in [-0.4, -0.2) is 33.3 Å². The summed E-state index contributed by atoms with van der Waals surface area (Å²) >= 11 is 0. The Morgan fingerprint density at radius 1 is 1.19 bits per heavy atom. The molecule has 1 aromatic carbocycles. The minimum Gasteiger partial charge on any atom is -0.356 e. The number of aromatic amines is 1. The highest BCUT2D eigenvalue weighted by Gasteiger charge is 2.25. The highest BCUT2D eigenvalue weighted by atomic mass is 19.1. The number of H-pyrrole nitrogens is 1. The first-order chi connectivity index (χ1) is 15.1. The lowest BCUT2D eigenvalue weighted by Crippen LogP contribution is -2.30. The number of rotatable bonds is 8. The zero-order chi connectivity index (χ0) is 21.6. The number of fused-ring (bicyclic) bond motifs is 3. The predicted molar refractivity (Wildman–Crippen MR) is 115 cm³/mol. The molecule has 0 spiro atoms. The van der Waals surface area contributed by atoms with E-state index in [0.29, 0.717) is 18.7 Å². The van der Waals surface area contributed by atoms with Crippen LogP contribution in [0.4, 0.5) is 4.39 Å². The number of amides is 2. The molecule has 8 heteroatoms. The van der Waals surface area contributed by atoms with Crippen molar-refractivity contribution in [3.05, 3.63) is 59.6 Å². The van der Waals surface area contributed by atoms with Gasteiger partial charge in [-0.25, -0.2) is 9.37 Å². The Kier molecular flexibility index (Phi) is 6.54. The summed E-state index contributed by atoms with van der Waals surface area (Å²) in [6.07, 6.45) is 10.0. The van der Waals surface area contributed by atoms with Crippen molar-refractivity contribution in [3.63, 3.8) is 0 Å². The Balaban J connectivity index is 1.21. The molecule has 1 aliphatic carbocycles. The molecule has 4 rings (SSSR count). The van der Waals surface area contributed by atoms with Gasteiger partial charge in [0.05, 0.1) is 12.2 Å². The molecular formula is C23H26FN5O2. The lowest BCUT2D eigenvalue weighted by atomic mass is 9.91. The molecule has 1 atom stereocenters. The van der Waals surface area contributed by atoms with E-state index in [4.69, 9.17) is 0 Å². The van der Waals surface area contributed by atoms with Crippen molar-refractivity contribution in [2.75, 3.05) is 6.54 Å². The molecule has 2 amide bonds. The van der Waals surface area contributed by atoms with Gasteiger partial charge in [0.1, 0.15) is 11.5 Å². The number of hydrogen-bond acceptors (Lipinski definition) is 4. The maximum Gasteiger partial charge on any atom is 0.271 e. The number of nitrogens with zero attached hydrogens (tertiary/aromatic N) is 2. The van der Waals surface area contributed by atoms with E-state index in [2.05, 4.69) is 25.6 Å². The van der Waals surface area contributed by atoms with Gasteiger partial charge in [-0.3, -0.25) is 14.6 Å². The topological polar surface area (TPSA) is 99.8 Å². The maximum absolute atomic E-state index is 13.6. The Hall–Kier alpha value is -3.29. The first kappa shape index (κ1) is 21.0. The second kappa shape index (κ2) is 9.68. The summed E-state index contributed by atoms with van der Waals surface area (Å²) in [5.74, 6) is -0.461. The highest BCUT2D eigenvalue weighted by molar-refractivity contribution is 5.91. The molecule has 2 aromatic heterocycles. The summed E-state index contributed by atoms with van der Waals surface area (Å²) in [7, 11) is 0. The van der Waals surface area contributed by atoms with Crippen LogP contribution in [0.3, 0.4) is 0 Å². The second-order valence-corrected chi connectivity index (χ2v) is 7.88. The van der Waals surface area contributed by atoms with Crippen LogP contribution in [0.15, 0.2) is 36.8 Å². The SMILES string of the molecule is O=C(CCCCCNC(=O)c1cnccn1)NC1CCCc2c1[nH]c1ccc(F)cc21. The number of hydrogen-bond donors (Lipinski definition) is 3. The fraction of sp³-hybridized carbons (Fsp3) is 0.391. The summed E-state index contributed by atoms with van der Waals surface area (Å²) < 4.78 is 13.6. The number of aryl methyl sites for hydroxylation is 1. The first-order valence-electron chi connectivity index (χ1n) is 10.8. The summed E-state index contributed by atoms with van der Waals surface area (Å²) in [5.41, 5.74) is 3.33. The zero-order valence-corrected chi connectivity index (χ0v) is 17.3. The molecule has 2 heterocycles. The van der Waals surface area contributed by atoms with E-state index in [1.165, 1.54) is 24.7 Å². The standard InChI is InChI=1S/C23H26FN5O2/c24-15-8-9-18-17(13-15)16-5-4-6-19(22(16)29-18)28-21(30)7-2-1-3-10-27-23(31)20-14-25-11-12-26-20/h8-9,11-14,19,29H,1-7,10H2,(H,27,31)(H,28,30). The molecule has 31 heavy (non-hydrogen) atoms. The highest BCUT2D eigenvalue weighted by Crippen LogP contribution is 2.35. The van der Waals surface area contributed by atoms with E-state index in [1.54, 1.807) is 12.1 Å². The lowest BCUT2D eigenvalue weighted by Gasteiger charge is -2.24. The molecular weight excluding hydrogens is 397 g/mol. The number of halogens is 1. The molecule has 0 bridgehead atoms. The van der Waals surface area contributed by atoms with Crippen LogP contribution in [0.25, 0.3) is 10.9 Å². The van der Waals surface area contributed by atoms with Gasteiger partial charge in [-0.1, -0.05) is 6.42 Å². The number of nitrogens with one attached hydrogen (secondary N) is 3. The normalized spacial score (nSPS) is 15.5. The van der Waals surface area contributed by atoms with Crippen LogP contribution >= 0.6 is 0 Å². The number of unbranched alkanes of at least 4 members (excludes halogenated alkanes) is 2. The molecule has 0 saturated carbocycles. The number of carbonyl (C=O) groups excluding carboxylic acids is 2. The van der Waals surface area contributed by atoms with Crippen LogP contribution in [0.5, 0.6) is 0 Å². The van der Waals surface area contributed by atoms with Gasteiger partial charge >= 0.3 is 0 Å². The van der Waals surface area contributed by atoms with E-state index in [-0.39, 0.29) is 23.7 Å². The Labute approximate surface area is 179 Å². The number of aromatic nitrogens is 3.